The van der Waals surface area contributed by atoms with Gasteiger partial charge in [0.2, 0.25) is 5.91 Å². The van der Waals surface area contributed by atoms with Gasteiger partial charge < -0.3 is 10.6 Å². The van der Waals surface area contributed by atoms with Crippen molar-refractivity contribution in [3.8, 4) is 0 Å². The van der Waals surface area contributed by atoms with E-state index in [0.29, 0.717) is 35.8 Å². The first-order valence-corrected chi connectivity index (χ1v) is 6.50. The fourth-order valence-corrected chi connectivity index (χ4v) is 1.92. The van der Waals surface area contributed by atoms with Gasteiger partial charge in [0, 0.05) is 25.1 Å². The smallest absolute Gasteiger partial charge is 0.255 e. The standard InChI is InChI=1S/C11H13ClN6O/c12-8-5-9(18-11(17-8)14-6-15-18)13-4-3-10(19)16-7-1-2-7/h5-7,13H,1-4H2,(H,16,19). The highest BCUT2D eigenvalue weighted by atomic mass is 35.5. The van der Waals surface area contributed by atoms with Crippen molar-refractivity contribution < 1.29 is 4.79 Å². The average molecular weight is 281 g/mol. The summed E-state index contributed by atoms with van der Waals surface area (Å²) in [6.07, 6.45) is 4.01. The van der Waals surface area contributed by atoms with Gasteiger partial charge in [-0.25, -0.2) is 0 Å². The molecule has 0 spiro atoms. The first-order chi connectivity index (χ1) is 9.22. The number of nitrogens with one attached hydrogen (secondary N) is 2. The summed E-state index contributed by atoms with van der Waals surface area (Å²) in [5.74, 6) is 1.16. The van der Waals surface area contributed by atoms with Crippen LogP contribution < -0.4 is 10.6 Å². The van der Waals surface area contributed by atoms with Gasteiger partial charge in [-0.15, -0.1) is 0 Å². The van der Waals surface area contributed by atoms with E-state index in [1.807, 2.05) is 0 Å². The van der Waals surface area contributed by atoms with E-state index in [9.17, 15) is 4.79 Å². The van der Waals surface area contributed by atoms with Crippen molar-refractivity contribution in [3.05, 3.63) is 17.5 Å². The third-order valence-electron chi connectivity index (χ3n) is 2.82. The van der Waals surface area contributed by atoms with Crippen LogP contribution in [0.5, 0.6) is 0 Å². The lowest BCUT2D eigenvalue weighted by atomic mass is 10.4. The average Bonchev–Trinajstić information content (AvgIpc) is 3.04. The van der Waals surface area contributed by atoms with Crippen molar-refractivity contribution in [2.45, 2.75) is 25.3 Å². The lowest BCUT2D eigenvalue weighted by molar-refractivity contribution is -0.120. The fourth-order valence-electron chi connectivity index (χ4n) is 1.74. The number of carbonyl (C=O) groups is 1. The number of anilines is 1. The lowest BCUT2D eigenvalue weighted by Crippen LogP contribution is -2.27. The molecule has 0 aliphatic heterocycles. The number of aromatic nitrogens is 4. The Labute approximate surface area is 114 Å². The summed E-state index contributed by atoms with van der Waals surface area (Å²) in [7, 11) is 0. The van der Waals surface area contributed by atoms with Crippen molar-refractivity contribution in [3.63, 3.8) is 0 Å². The molecule has 1 saturated carbocycles. The van der Waals surface area contributed by atoms with E-state index >= 15 is 0 Å². The highest BCUT2D eigenvalue weighted by Gasteiger charge is 2.22. The van der Waals surface area contributed by atoms with Crippen LogP contribution in [0.2, 0.25) is 5.15 Å². The third-order valence-corrected chi connectivity index (χ3v) is 3.01. The molecule has 7 nitrogen and oxygen atoms in total. The Morgan fingerprint density at radius 3 is 3.16 bits per heavy atom. The zero-order valence-electron chi connectivity index (χ0n) is 10.1. The Balaban J connectivity index is 1.61. The SMILES string of the molecule is O=C(CCNc1cc(Cl)nc2ncnn12)NC1CC1. The molecule has 8 heteroatoms. The number of fused-ring (bicyclic) bond motifs is 1. The topological polar surface area (TPSA) is 84.2 Å². The van der Waals surface area contributed by atoms with Gasteiger partial charge in [-0.2, -0.15) is 19.6 Å². The molecule has 19 heavy (non-hydrogen) atoms. The van der Waals surface area contributed by atoms with E-state index < -0.39 is 0 Å². The molecule has 3 rings (SSSR count). The maximum Gasteiger partial charge on any atom is 0.255 e. The number of rotatable bonds is 5. The van der Waals surface area contributed by atoms with Crippen LogP contribution in [0.1, 0.15) is 19.3 Å². The maximum atomic E-state index is 11.5. The molecule has 2 aromatic rings. The summed E-state index contributed by atoms with van der Waals surface area (Å²) in [5.41, 5.74) is 0. The normalized spacial score (nSPS) is 14.6. The lowest BCUT2D eigenvalue weighted by Gasteiger charge is -2.08. The zero-order chi connectivity index (χ0) is 13.2. The summed E-state index contributed by atoms with van der Waals surface area (Å²) in [5, 5.41) is 10.4. The van der Waals surface area contributed by atoms with Crippen molar-refractivity contribution in [2.75, 3.05) is 11.9 Å². The minimum absolute atomic E-state index is 0.0602. The summed E-state index contributed by atoms with van der Waals surface area (Å²) < 4.78 is 1.55. The summed E-state index contributed by atoms with van der Waals surface area (Å²) in [6, 6.07) is 2.05. The fraction of sp³-hybridized carbons (Fsp3) is 0.455. The van der Waals surface area contributed by atoms with Gasteiger partial charge in [0.05, 0.1) is 0 Å². The van der Waals surface area contributed by atoms with Gasteiger partial charge in [-0.3, -0.25) is 4.79 Å². The van der Waals surface area contributed by atoms with Gasteiger partial charge in [0.25, 0.3) is 5.78 Å². The van der Waals surface area contributed by atoms with Crippen LogP contribution in [0.3, 0.4) is 0 Å². The summed E-state index contributed by atoms with van der Waals surface area (Å²) in [4.78, 5) is 19.5. The summed E-state index contributed by atoms with van der Waals surface area (Å²) in [6.45, 7) is 0.508. The van der Waals surface area contributed by atoms with E-state index in [-0.39, 0.29) is 5.91 Å². The molecule has 0 bridgehead atoms. The quantitative estimate of drug-likeness (QED) is 0.794. The number of hydrogen-bond acceptors (Lipinski definition) is 5. The molecule has 1 aliphatic rings. The van der Waals surface area contributed by atoms with Gasteiger partial charge in [0.15, 0.2) is 0 Å². The molecule has 0 aromatic carbocycles. The van der Waals surface area contributed by atoms with Crippen LogP contribution in [0, 0.1) is 0 Å². The van der Waals surface area contributed by atoms with Crippen molar-refractivity contribution in [1.29, 1.82) is 0 Å². The Morgan fingerprint density at radius 2 is 2.37 bits per heavy atom. The van der Waals surface area contributed by atoms with Crippen LogP contribution in [-0.4, -0.2) is 38.1 Å². The first kappa shape index (κ1) is 12.2. The number of nitrogens with zero attached hydrogens (tertiary/aromatic N) is 4. The monoisotopic (exact) mass is 280 g/mol. The van der Waals surface area contributed by atoms with Crippen molar-refractivity contribution >= 4 is 29.1 Å². The molecule has 0 radical (unpaired) electrons. The second-order valence-corrected chi connectivity index (χ2v) is 4.84. The van der Waals surface area contributed by atoms with Gasteiger partial charge >= 0.3 is 0 Å². The Hall–Kier alpha value is -1.89. The first-order valence-electron chi connectivity index (χ1n) is 6.12. The highest BCUT2D eigenvalue weighted by Crippen LogP contribution is 2.18. The van der Waals surface area contributed by atoms with E-state index in [2.05, 4.69) is 25.7 Å². The molecule has 0 atom stereocenters. The number of halogens is 1. The Bertz CT molecular complexity index is 608. The zero-order valence-corrected chi connectivity index (χ0v) is 10.9. The van der Waals surface area contributed by atoms with Crippen LogP contribution in [0.25, 0.3) is 5.78 Å². The molecular weight excluding hydrogens is 268 g/mol. The predicted molar refractivity (Wildman–Crippen MR) is 70.1 cm³/mol. The molecule has 2 aromatic heterocycles. The molecule has 2 N–H and O–H groups in total. The van der Waals surface area contributed by atoms with Crippen LogP contribution in [0.4, 0.5) is 5.82 Å². The molecule has 2 heterocycles. The van der Waals surface area contributed by atoms with E-state index in [1.165, 1.54) is 6.33 Å². The molecule has 100 valence electrons. The van der Waals surface area contributed by atoms with E-state index in [0.717, 1.165) is 12.8 Å². The molecule has 1 aliphatic carbocycles. The highest BCUT2D eigenvalue weighted by molar-refractivity contribution is 6.29. The minimum Gasteiger partial charge on any atom is -0.369 e. The van der Waals surface area contributed by atoms with Gasteiger partial charge in [-0.1, -0.05) is 11.6 Å². The van der Waals surface area contributed by atoms with E-state index in [4.69, 9.17) is 11.6 Å². The van der Waals surface area contributed by atoms with Crippen LogP contribution in [-0.2, 0) is 4.79 Å². The Kier molecular flexibility index (Phi) is 3.20. The van der Waals surface area contributed by atoms with Crippen molar-refractivity contribution in [2.24, 2.45) is 0 Å². The van der Waals surface area contributed by atoms with Crippen molar-refractivity contribution in [1.82, 2.24) is 24.9 Å². The summed E-state index contributed by atoms with van der Waals surface area (Å²) >= 11 is 5.89. The van der Waals surface area contributed by atoms with Gasteiger partial charge in [0.1, 0.15) is 17.3 Å². The number of amides is 1. The van der Waals surface area contributed by atoms with E-state index in [1.54, 1.807) is 10.6 Å². The van der Waals surface area contributed by atoms with Crippen LogP contribution in [0.15, 0.2) is 12.4 Å². The maximum absolute atomic E-state index is 11.5. The number of hydrogen-bond donors (Lipinski definition) is 2. The second kappa shape index (κ2) is 5.00. The molecule has 1 amide bonds. The molecule has 0 unspecified atom stereocenters. The molecular formula is C11H13ClN6O. The van der Waals surface area contributed by atoms with Gasteiger partial charge in [-0.05, 0) is 12.8 Å². The predicted octanol–water partition coefficient (Wildman–Crippen LogP) is 0.858. The molecule has 1 fully saturated rings. The van der Waals surface area contributed by atoms with Crippen LogP contribution >= 0.6 is 11.6 Å². The third kappa shape index (κ3) is 2.93. The Morgan fingerprint density at radius 1 is 1.53 bits per heavy atom. The molecule has 0 saturated heterocycles. The number of carbonyl (C=O) groups excluding carboxylic acids is 1. The second-order valence-electron chi connectivity index (χ2n) is 4.45. The largest absolute Gasteiger partial charge is 0.369 e. The minimum atomic E-state index is 0.0602.